The van der Waals surface area contributed by atoms with E-state index in [0.717, 1.165) is 34.4 Å². The fourth-order valence-corrected chi connectivity index (χ4v) is 2.97. The Hall–Kier alpha value is -1.33. The number of hydrogen-bond donors (Lipinski definition) is 1. The maximum absolute atomic E-state index is 5.79. The van der Waals surface area contributed by atoms with Crippen LogP contribution in [0.1, 0.15) is 37.6 Å². The van der Waals surface area contributed by atoms with Crippen LogP contribution in [0.25, 0.3) is 0 Å². The van der Waals surface area contributed by atoms with Gasteiger partial charge in [-0.05, 0) is 41.9 Å². The first-order valence-electron chi connectivity index (χ1n) is 7.31. The average Bonchev–Trinajstić information content (AvgIpc) is 2.81. The van der Waals surface area contributed by atoms with E-state index in [4.69, 9.17) is 4.74 Å². The third kappa shape index (κ3) is 3.66. The monoisotopic (exact) mass is 351 g/mol. The lowest BCUT2D eigenvalue weighted by atomic mass is 10.0. The van der Waals surface area contributed by atoms with E-state index in [1.54, 1.807) is 0 Å². The molecule has 0 radical (unpaired) electrons. The molecule has 1 aromatic carbocycles. The summed E-state index contributed by atoms with van der Waals surface area (Å²) in [7, 11) is 1.96. The van der Waals surface area contributed by atoms with E-state index in [2.05, 4.69) is 39.3 Å². The van der Waals surface area contributed by atoms with Gasteiger partial charge in [0.1, 0.15) is 5.75 Å². The van der Waals surface area contributed by atoms with Crippen LogP contribution in [0.3, 0.4) is 0 Å². The predicted molar refractivity (Wildman–Crippen MR) is 88.7 cm³/mol. The molecular formula is C16H22BrN3O. The highest BCUT2D eigenvalue weighted by Crippen LogP contribution is 2.33. The van der Waals surface area contributed by atoms with Crippen LogP contribution in [-0.4, -0.2) is 22.9 Å². The highest BCUT2D eigenvalue weighted by atomic mass is 79.9. The van der Waals surface area contributed by atoms with Crippen molar-refractivity contribution in [1.29, 1.82) is 0 Å². The summed E-state index contributed by atoms with van der Waals surface area (Å²) in [6, 6.07) is 8.23. The molecule has 0 spiro atoms. The molecule has 21 heavy (non-hydrogen) atoms. The number of nitrogens with zero attached hydrogens (tertiary/aromatic N) is 2. The van der Waals surface area contributed by atoms with Gasteiger partial charge in [0.05, 0.1) is 29.0 Å². The minimum atomic E-state index is 0.0505. The van der Waals surface area contributed by atoms with Crippen molar-refractivity contribution in [3.05, 3.63) is 46.2 Å². The molecule has 0 aliphatic heterocycles. The van der Waals surface area contributed by atoms with Crippen LogP contribution in [-0.2, 0) is 7.05 Å². The topological polar surface area (TPSA) is 39.1 Å². The Labute approximate surface area is 134 Å². The highest BCUT2D eigenvalue weighted by molar-refractivity contribution is 9.10. The van der Waals surface area contributed by atoms with Crippen molar-refractivity contribution in [3.8, 4) is 5.75 Å². The van der Waals surface area contributed by atoms with E-state index in [1.165, 1.54) is 0 Å². The molecule has 114 valence electrons. The Morgan fingerprint density at radius 1 is 1.33 bits per heavy atom. The molecule has 1 atom stereocenters. The zero-order chi connectivity index (χ0) is 15.2. The number of aromatic nitrogens is 2. The second kappa shape index (κ2) is 7.61. The summed E-state index contributed by atoms with van der Waals surface area (Å²) in [4.78, 5) is 0. The molecule has 1 N–H and O–H groups in total. The van der Waals surface area contributed by atoms with E-state index in [-0.39, 0.29) is 6.04 Å². The summed E-state index contributed by atoms with van der Waals surface area (Å²) in [5, 5.41) is 7.93. The Kier molecular flexibility index (Phi) is 5.82. The van der Waals surface area contributed by atoms with Gasteiger partial charge in [-0.15, -0.1) is 0 Å². The molecule has 2 rings (SSSR count). The van der Waals surface area contributed by atoms with Crippen LogP contribution in [0.2, 0.25) is 0 Å². The van der Waals surface area contributed by atoms with Gasteiger partial charge in [-0.25, -0.2) is 0 Å². The molecular weight excluding hydrogens is 330 g/mol. The van der Waals surface area contributed by atoms with Crippen LogP contribution in [0.4, 0.5) is 0 Å². The number of aryl methyl sites for hydroxylation is 1. The second-order valence-electron chi connectivity index (χ2n) is 4.86. The standard InChI is InChI=1S/C16H22BrN3O/c1-4-10-18-15(16-13(17)11-19-20(16)3)12-8-6-7-9-14(12)21-5-2/h6-9,11,15,18H,4-5,10H2,1-3H3. The molecule has 0 amide bonds. The van der Waals surface area contributed by atoms with Crippen molar-refractivity contribution in [3.63, 3.8) is 0 Å². The number of rotatable bonds is 7. The van der Waals surface area contributed by atoms with Crippen molar-refractivity contribution in [2.24, 2.45) is 7.05 Å². The minimum Gasteiger partial charge on any atom is -0.494 e. The van der Waals surface area contributed by atoms with Crippen LogP contribution in [0.5, 0.6) is 5.75 Å². The van der Waals surface area contributed by atoms with Crippen molar-refractivity contribution < 1.29 is 4.74 Å². The number of ether oxygens (including phenoxy) is 1. The number of nitrogens with one attached hydrogen (secondary N) is 1. The molecule has 0 saturated heterocycles. The number of para-hydroxylation sites is 1. The van der Waals surface area contributed by atoms with Gasteiger partial charge in [-0.2, -0.15) is 5.10 Å². The molecule has 4 nitrogen and oxygen atoms in total. The first kappa shape index (κ1) is 16.0. The van der Waals surface area contributed by atoms with Crippen LogP contribution in [0.15, 0.2) is 34.9 Å². The van der Waals surface area contributed by atoms with Gasteiger partial charge in [-0.1, -0.05) is 25.1 Å². The minimum absolute atomic E-state index is 0.0505. The number of halogens is 1. The summed E-state index contributed by atoms with van der Waals surface area (Å²) in [5.41, 5.74) is 2.24. The van der Waals surface area contributed by atoms with Crippen molar-refractivity contribution in [1.82, 2.24) is 15.1 Å². The van der Waals surface area contributed by atoms with E-state index < -0.39 is 0 Å². The summed E-state index contributed by atoms with van der Waals surface area (Å²) in [6.45, 7) is 5.76. The van der Waals surface area contributed by atoms with Crippen LogP contribution >= 0.6 is 15.9 Å². The lowest BCUT2D eigenvalue weighted by molar-refractivity contribution is 0.332. The van der Waals surface area contributed by atoms with Gasteiger partial charge < -0.3 is 10.1 Å². The highest BCUT2D eigenvalue weighted by Gasteiger charge is 2.23. The molecule has 0 fully saturated rings. The lowest BCUT2D eigenvalue weighted by Crippen LogP contribution is -2.26. The summed E-state index contributed by atoms with van der Waals surface area (Å²) < 4.78 is 8.70. The third-order valence-electron chi connectivity index (χ3n) is 3.34. The molecule has 0 aliphatic rings. The maximum Gasteiger partial charge on any atom is 0.124 e. The molecule has 2 aromatic rings. The van der Waals surface area contributed by atoms with Crippen molar-refractivity contribution in [2.45, 2.75) is 26.3 Å². The van der Waals surface area contributed by atoms with Crippen LogP contribution < -0.4 is 10.1 Å². The molecule has 0 bridgehead atoms. The second-order valence-corrected chi connectivity index (χ2v) is 5.71. The molecule has 0 aliphatic carbocycles. The summed E-state index contributed by atoms with van der Waals surface area (Å²) in [6.07, 6.45) is 2.90. The van der Waals surface area contributed by atoms with E-state index >= 15 is 0 Å². The molecule has 1 aromatic heterocycles. The number of benzene rings is 1. The molecule has 1 unspecified atom stereocenters. The van der Waals surface area contributed by atoms with Crippen LogP contribution in [0, 0.1) is 0 Å². The first-order valence-corrected chi connectivity index (χ1v) is 8.10. The van der Waals surface area contributed by atoms with E-state index in [1.807, 2.05) is 43.0 Å². The van der Waals surface area contributed by atoms with Gasteiger partial charge in [0.2, 0.25) is 0 Å². The van der Waals surface area contributed by atoms with E-state index in [9.17, 15) is 0 Å². The predicted octanol–water partition coefficient (Wildman–Crippen LogP) is 3.67. The Bertz CT molecular complexity index is 563. The zero-order valence-corrected chi connectivity index (χ0v) is 14.4. The van der Waals surface area contributed by atoms with Gasteiger partial charge in [-0.3, -0.25) is 4.68 Å². The normalized spacial score (nSPS) is 12.4. The molecule has 5 heteroatoms. The van der Waals surface area contributed by atoms with Gasteiger partial charge >= 0.3 is 0 Å². The Balaban J connectivity index is 2.46. The smallest absolute Gasteiger partial charge is 0.124 e. The van der Waals surface area contributed by atoms with Crippen molar-refractivity contribution in [2.75, 3.05) is 13.2 Å². The fourth-order valence-electron chi connectivity index (χ4n) is 2.39. The van der Waals surface area contributed by atoms with Gasteiger partial charge in [0.25, 0.3) is 0 Å². The quantitative estimate of drug-likeness (QED) is 0.826. The molecule has 0 saturated carbocycles. The fraction of sp³-hybridized carbons (Fsp3) is 0.438. The molecule has 1 heterocycles. The average molecular weight is 352 g/mol. The Morgan fingerprint density at radius 3 is 2.71 bits per heavy atom. The third-order valence-corrected chi connectivity index (χ3v) is 3.95. The largest absolute Gasteiger partial charge is 0.494 e. The van der Waals surface area contributed by atoms with Crippen molar-refractivity contribution >= 4 is 15.9 Å². The first-order chi connectivity index (χ1) is 10.2. The van der Waals surface area contributed by atoms with Gasteiger partial charge in [0, 0.05) is 12.6 Å². The maximum atomic E-state index is 5.79. The van der Waals surface area contributed by atoms with E-state index in [0.29, 0.717) is 6.61 Å². The lowest BCUT2D eigenvalue weighted by Gasteiger charge is -2.22. The van der Waals surface area contributed by atoms with Gasteiger partial charge in [0.15, 0.2) is 0 Å². The number of hydrogen-bond acceptors (Lipinski definition) is 3. The SMILES string of the molecule is CCCNC(c1ccccc1OCC)c1c(Br)cnn1C. The summed E-state index contributed by atoms with van der Waals surface area (Å²) in [5.74, 6) is 0.918. The Morgan fingerprint density at radius 2 is 2.10 bits per heavy atom. The zero-order valence-electron chi connectivity index (χ0n) is 12.8. The summed E-state index contributed by atoms with van der Waals surface area (Å²) >= 11 is 3.61.